The van der Waals surface area contributed by atoms with Crippen molar-refractivity contribution in [2.24, 2.45) is 4.99 Å². The van der Waals surface area contributed by atoms with Crippen LogP contribution in [0.1, 0.15) is 22.3 Å². The molecule has 0 aromatic heterocycles. The summed E-state index contributed by atoms with van der Waals surface area (Å²) >= 11 is 6.11. The number of sulfonamides is 1. The van der Waals surface area contributed by atoms with E-state index in [-0.39, 0.29) is 0 Å². The summed E-state index contributed by atoms with van der Waals surface area (Å²) < 4.78 is 27.2. The molecule has 0 amide bonds. The van der Waals surface area contributed by atoms with E-state index in [4.69, 9.17) is 11.6 Å². The van der Waals surface area contributed by atoms with E-state index in [0.717, 1.165) is 33.8 Å². The number of benzene rings is 3. The lowest BCUT2D eigenvalue weighted by Gasteiger charge is -2.17. The molecule has 0 spiro atoms. The van der Waals surface area contributed by atoms with E-state index in [2.05, 4.69) is 9.71 Å². The lowest BCUT2D eigenvalue weighted by atomic mass is 9.93. The van der Waals surface area contributed by atoms with Crippen LogP contribution in [0.2, 0.25) is 5.02 Å². The lowest BCUT2D eigenvalue weighted by Crippen LogP contribution is -2.14. The fourth-order valence-corrected chi connectivity index (χ4v) is 4.31. The third-order valence-electron chi connectivity index (χ3n) is 4.63. The minimum atomic E-state index is -3.60. The maximum atomic E-state index is 12.3. The van der Waals surface area contributed by atoms with Crippen LogP contribution >= 0.6 is 11.6 Å². The quantitative estimate of drug-likeness (QED) is 0.618. The van der Waals surface area contributed by atoms with Gasteiger partial charge in [-0.3, -0.25) is 9.71 Å². The molecule has 146 valence electrons. The van der Waals surface area contributed by atoms with Gasteiger partial charge in [-0.1, -0.05) is 60.1 Å². The van der Waals surface area contributed by atoms with Crippen LogP contribution in [0, 0.1) is 0 Å². The molecule has 1 N–H and O–H groups in total. The van der Waals surface area contributed by atoms with Gasteiger partial charge in [-0.15, -0.1) is 0 Å². The van der Waals surface area contributed by atoms with E-state index in [1.807, 2.05) is 60.7 Å². The van der Waals surface area contributed by atoms with Crippen molar-refractivity contribution in [2.45, 2.75) is 6.42 Å². The Morgan fingerprint density at radius 3 is 2.48 bits per heavy atom. The van der Waals surface area contributed by atoms with Crippen LogP contribution in [0.3, 0.4) is 0 Å². The van der Waals surface area contributed by atoms with Gasteiger partial charge >= 0.3 is 0 Å². The fourth-order valence-electron chi connectivity index (χ4n) is 3.25. The highest BCUT2D eigenvalue weighted by molar-refractivity contribution is 7.95. The summed E-state index contributed by atoms with van der Waals surface area (Å²) in [5.41, 5.74) is 5.41. The summed E-state index contributed by atoms with van der Waals surface area (Å²) in [4.78, 5) is 4.66. The molecule has 0 atom stereocenters. The van der Waals surface area contributed by atoms with Crippen molar-refractivity contribution in [1.29, 1.82) is 0 Å². The first-order valence-corrected chi connectivity index (χ1v) is 11.1. The van der Waals surface area contributed by atoms with Crippen LogP contribution in [0.25, 0.3) is 6.08 Å². The van der Waals surface area contributed by atoms with E-state index >= 15 is 0 Å². The fraction of sp³-hybridized carbons (Fsp3) is 0.0870. The second-order valence-electron chi connectivity index (χ2n) is 6.72. The molecular weight excluding hydrogens is 404 g/mol. The Morgan fingerprint density at radius 1 is 0.966 bits per heavy atom. The average molecular weight is 423 g/mol. The minimum Gasteiger partial charge on any atom is -0.284 e. The van der Waals surface area contributed by atoms with Gasteiger partial charge in [-0.25, -0.2) is 8.42 Å². The van der Waals surface area contributed by atoms with Crippen LogP contribution in [0.4, 0.5) is 5.69 Å². The van der Waals surface area contributed by atoms with Crippen molar-refractivity contribution in [1.82, 2.24) is 0 Å². The first-order chi connectivity index (χ1) is 14.0. The van der Waals surface area contributed by atoms with Crippen molar-refractivity contribution in [2.75, 3.05) is 11.3 Å². The normalized spacial score (nSPS) is 13.8. The number of nitrogens with zero attached hydrogens (tertiary/aromatic N) is 1. The maximum Gasteiger partial charge on any atom is 0.255 e. The van der Waals surface area contributed by atoms with Gasteiger partial charge in [0.2, 0.25) is 0 Å². The highest BCUT2D eigenvalue weighted by Gasteiger charge is 2.16. The molecule has 4 nitrogen and oxygen atoms in total. The van der Waals surface area contributed by atoms with Crippen LogP contribution in [-0.2, 0) is 16.4 Å². The molecule has 0 aliphatic carbocycles. The van der Waals surface area contributed by atoms with Gasteiger partial charge in [-0.05, 0) is 47.9 Å². The molecule has 29 heavy (non-hydrogen) atoms. The van der Waals surface area contributed by atoms with E-state index < -0.39 is 10.0 Å². The first kappa shape index (κ1) is 19.4. The zero-order chi connectivity index (χ0) is 20.3. The third kappa shape index (κ3) is 4.75. The van der Waals surface area contributed by atoms with Crippen molar-refractivity contribution in [3.05, 3.63) is 105 Å². The predicted octanol–water partition coefficient (Wildman–Crippen LogP) is 5.15. The monoisotopic (exact) mass is 422 g/mol. The second-order valence-corrected chi connectivity index (χ2v) is 8.72. The Balaban J connectivity index is 1.52. The lowest BCUT2D eigenvalue weighted by molar-refractivity contribution is 0.609. The minimum absolute atomic E-state index is 0.499. The maximum absolute atomic E-state index is 12.3. The van der Waals surface area contributed by atoms with Gasteiger partial charge < -0.3 is 0 Å². The van der Waals surface area contributed by atoms with E-state index in [9.17, 15) is 8.42 Å². The molecule has 0 saturated heterocycles. The molecule has 3 aromatic carbocycles. The van der Waals surface area contributed by atoms with Gasteiger partial charge in [0.05, 0.1) is 11.1 Å². The summed E-state index contributed by atoms with van der Waals surface area (Å²) in [5.74, 6) is 0. The van der Waals surface area contributed by atoms with Crippen LogP contribution in [0.5, 0.6) is 0 Å². The number of hydrogen-bond donors (Lipinski definition) is 1. The Bertz CT molecular complexity index is 1190. The van der Waals surface area contributed by atoms with Crippen molar-refractivity contribution in [3.8, 4) is 0 Å². The molecule has 0 radical (unpaired) electrons. The molecule has 1 aliphatic rings. The Hall–Kier alpha value is -2.89. The van der Waals surface area contributed by atoms with Gasteiger partial charge in [0.1, 0.15) is 0 Å². The van der Waals surface area contributed by atoms with E-state index in [0.29, 0.717) is 12.2 Å². The smallest absolute Gasteiger partial charge is 0.255 e. The highest BCUT2D eigenvalue weighted by Crippen LogP contribution is 2.24. The molecule has 3 aromatic rings. The molecule has 0 fully saturated rings. The number of halogens is 1. The second kappa shape index (κ2) is 8.23. The molecule has 4 rings (SSSR count). The molecular formula is C23H19ClN2O2S. The Labute approximate surface area is 175 Å². The van der Waals surface area contributed by atoms with E-state index in [1.165, 1.54) is 11.0 Å². The largest absolute Gasteiger partial charge is 0.284 e. The Morgan fingerprint density at radius 2 is 1.72 bits per heavy atom. The SMILES string of the molecule is O=S(=O)(/C=C/c1ccccc1)Nc1ccc(C2=NCCc3cc(Cl)ccc32)cc1. The molecule has 1 heterocycles. The molecule has 1 aliphatic heterocycles. The van der Waals surface area contributed by atoms with Crippen molar-refractivity contribution in [3.63, 3.8) is 0 Å². The number of aliphatic imine (C=N–C) groups is 1. The molecule has 0 bridgehead atoms. The van der Waals surface area contributed by atoms with Crippen molar-refractivity contribution >= 4 is 39.1 Å². The standard InChI is InChI=1S/C23H19ClN2O2S/c24-20-8-11-22-19(16-20)12-14-25-23(22)18-6-9-21(10-7-18)26-29(27,28)15-13-17-4-2-1-3-5-17/h1-11,13,15-16,26H,12,14H2/b15-13+. The molecule has 6 heteroatoms. The number of fused-ring (bicyclic) bond motifs is 1. The summed E-state index contributed by atoms with van der Waals surface area (Å²) in [5, 5.41) is 1.89. The molecule has 0 saturated carbocycles. The van der Waals surface area contributed by atoms with Crippen molar-refractivity contribution < 1.29 is 8.42 Å². The summed E-state index contributed by atoms with van der Waals surface area (Å²) in [6.07, 6.45) is 2.43. The topological polar surface area (TPSA) is 58.5 Å². The van der Waals surface area contributed by atoms with Crippen LogP contribution in [0.15, 0.2) is 83.2 Å². The van der Waals surface area contributed by atoms with Crippen LogP contribution in [-0.4, -0.2) is 20.7 Å². The predicted molar refractivity (Wildman–Crippen MR) is 120 cm³/mol. The zero-order valence-corrected chi connectivity index (χ0v) is 17.1. The van der Waals surface area contributed by atoms with Crippen LogP contribution < -0.4 is 4.72 Å². The van der Waals surface area contributed by atoms with Gasteiger partial charge in [0, 0.05) is 28.4 Å². The summed E-state index contributed by atoms with van der Waals surface area (Å²) in [6.45, 7) is 0.710. The zero-order valence-electron chi connectivity index (χ0n) is 15.5. The number of anilines is 1. The number of rotatable bonds is 5. The summed E-state index contributed by atoms with van der Waals surface area (Å²) in [7, 11) is -3.60. The van der Waals surface area contributed by atoms with Gasteiger partial charge in [0.15, 0.2) is 0 Å². The Kier molecular flexibility index (Phi) is 5.51. The average Bonchev–Trinajstić information content (AvgIpc) is 2.73. The van der Waals surface area contributed by atoms with Gasteiger partial charge in [0.25, 0.3) is 10.0 Å². The summed E-state index contributed by atoms with van der Waals surface area (Å²) in [6, 6.07) is 22.4. The molecule has 0 unspecified atom stereocenters. The number of hydrogen-bond acceptors (Lipinski definition) is 3. The number of nitrogens with one attached hydrogen (secondary N) is 1. The third-order valence-corrected chi connectivity index (χ3v) is 5.88. The van der Waals surface area contributed by atoms with Gasteiger partial charge in [-0.2, -0.15) is 0 Å². The van der Waals surface area contributed by atoms with E-state index in [1.54, 1.807) is 18.2 Å². The highest BCUT2D eigenvalue weighted by atomic mass is 35.5. The first-order valence-electron chi connectivity index (χ1n) is 9.20.